The van der Waals surface area contributed by atoms with Gasteiger partial charge in [0.05, 0.1) is 17.9 Å². The van der Waals surface area contributed by atoms with Crippen molar-refractivity contribution in [1.82, 2.24) is 10.6 Å². The van der Waals surface area contributed by atoms with Crippen LogP contribution in [-0.4, -0.2) is 38.0 Å². The number of likely N-dealkylation sites (N-methyl/N-ethyl adjacent to an activating group) is 1. The maximum absolute atomic E-state index is 11.8. The normalized spacial score (nSPS) is 14.0. The van der Waals surface area contributed by atoms with Crippen LogP contribution in [0.4, 0.5) is 16.2 Å². The Morgan fingerprint density at radius 2 is 2.05 bits per heavy atom. The van der Waals surface area contributed by atoms with Crippen LogP contribution >= 0.6 is 0 Å². The maximum atomic E-state index is 11.8. The van der Waals surface area contributed by atoms with Crippen LogP contribution in [-0.2, 0) is 9.59 Å². The van der Waals surface area contributed by atoms with Gasteiger partial charge in [-0.1, -0.05) is 12.1 Å². The summed E-state index contributed by atoms with van der Waals surface area (Å²) in [6, 6.07) is 6.61. The summed E-state index contributed by atoms with van der Waals surface area (Å²) in [6.07, 6.45) is 1.34. The molecule has 1 saturated heterocycles. The van der Waals surface area contributed by atoms with Crippen molar-refractivity contribution in [3.05, 3.63) is 24.3 Å². The molecule has 1 aliphatic rings. The lowest BCUT2D eigenvalue weighted by Crippen LogP contribution is -2.38. The highest BCUT2D eigenvalue weighted by atomic mass is 16.2. The van der Waals surface area contributed by atoms with Gasteiger partial charge in [0.15, 0.2) is 0 Å². The van der Waals surface area contributed by atoms with E-state index in [-0.39, 0.29) is 18.4 Å². The number of nitrogens with zero attached hydrogens (tertiary/aromatic N) is 1. The van der Waals surface area contributed by atoms with Crippen LogP contribution in [0.3, 0.4) is 0 Å². The summed E-state index contributed by atoms with van der Waals surface area (Å²) in [7, 11) is 1.50. The number of hydrogen-bond donors (Lipinski definition) is 3. The first-order chi connectivity index (χ1) is 10.1. The van der Waals surface area contributed by atoms with Gasteiger partial charge in [0.2, 0.25) is 11.8 Å². The van der Waals surface area contributed by atoms with Crippen LogP contribution < -0.4 is 20.9 Å². The van der Waals surface area contributed by atoms with E-state index >= 15 is 0 Å². The fourth-order valence-corrected chi connectivity index (χ4v) is 2.13. The van der Waals surface area contributed by atoms with E-state index in [1.54, 1.807) is 23.1 Å². The van der Waals surface area contributed by atoms with Gasteiger partial charge in [0, 0.05) is 20.0 Å². The van der Waals surface area contributed by atoms with E-state index in [9.17, 15) is 14.4 Å². The molecule has 0 atom stereocenters. The smallest absolute Gasteiger partial charge is 0.319 e. The molecule has 0 spiro atoms. The Hall–Kier alpha value is -2.57. The predicted octanol–water partition coefficient (Wildman–Crippen LogP) is 0.681. The summed E-state index contributed by atoms with van der Waals surface area (Å²) in [4.78, 5) is 36.3. The first-order valence-electron chi connectivity index (χ1n) is 6.76. The number of carbonyl (C=O) groups excluding carboxylic acids is 3. The van der Waals surface area contributed by atoms with Crippen molar-refractivity contribution < 1.29 is 14.4 Å². The average Bonchev–Trinajstić information content (AvgIpc) is 2.91. The zero-order chi connectivity index (χ0) is 15.2. The molecular formula is C14H18N4O3. The molecule has 1 fully saturated rings. The average molecular weight is 290 g/mol. The van der Waals surface area contributed by atoms with E-state index in [1.807, 2.05) is 6.07 Å². The maximum Gasteiger partial charge on any atom is 0.319 e. The Morgan fingerprint density at radius 3 is 2.71 bits per heavy atom. The molecule has 1 aromatic carbocycles. The summed E-state index contributed by atoms with van der Waals surface area (Å²) in [5.41, 5.74) is 1.22. The Labute approximate surface area is 122 Å². The lowest BCUT2D eigenvalue weighted by molar-refractivity contribution is -0.119. The third kappa shape index (κ3) is 3.71. The van der Waals surface area contributed by atoms with E-state index in [0.717, 1.165) is 6.42 Å². The van der Waals surface area contributed by atoms with Crippen LogP contribution in [0.15, 0.2) is 24.3 Å². The van der Waals surface area contributed by atoms with Crippen LogP contribution in [0, 0.1) is 0 Å². The Bertz CT molecular complexity index is 559. The Balaban J connectivity index is 2.04. The molecule has 7 heteroatoms. The molecule has 7 nitrogen and oxygen atoms in total. The summed E-state index contributed by atoms with van der Waals surface area (Å²) < 4.78 is 0. The number of hydrogen-bond acceptors (Lipinski definition) is 3. The molecule has 0 aromatic heterocycles. The van der Waals surface area contributed by atoms with Gasteiger partial charge in [-0.25, -0.2) is 4.79 Å². The van der Waals surface area contributed by atoms with Crippen molar-refractivity contribution in [2.75, 3.05) is 30.4 Å². The van der Waals surface area contributed by atoms with Crippen LogP contribution in [0.1, 0.15) is 12.8 Å². The van der Waals surface area contributed by atoms with E-state index in [4.69, 9.17) is 0 Å². The predicted molar refractivity (Wildman–Crippen MR) is 79.1 cm³/mol. The zero-order valence-electron chi connectivity index (χ0n) is 11.8. The van der Waals surface area contributed by atoms with Crippen LogP contribution in [0.25, 0.3) is 0 Å². The van der Waals surface area contributed by atoms with Gasteiger partial charge in [-0.05, 0) is 18.6 Å². The number of para-hydroxylation sites is 2. The molecular weight excluding hydrogens is 272 g/mol. The lowest BCUT2D eigenvalue weighted by atomic mass is 10.2. The Morgan fingerprint density at radius 1 is 1.29 bits per heavy atom. The van der Waals surface area contributed by atoms with Gasteiger partial charge in [0.1, 0.15) is 0 Å². The third-order valence-corrected chi connectivity index (χ3v) is 3.20. The molecule has 4 amide bonds. The number of nitrogens with one attached hydrogen (secondary N) is 3. The highest BCUT2D eigenvalue weighted by Crippen LogP contribution is 2.29. The summed E-state index contributed by atoms with van der Waals surface area (Å²) >= 11 is 0. The van der Waals surface area contributed by atoms with Gasteiger partial charge in [0.25, 0.3) is 0 Å². The second-order valence-electron chi connectivity index (χ2n) is 4.65. The van der Waals surface area contributed by atoms with E-state index < -0.39 is 6.03 Å². The van der Waals surface area contributed by atoms with Crippen molar-refractivity contribution in [3.8, 4) is 0 Å². The molecule has 1 heterocycles. The minimum atomic E-state index is -0.488. The second-order valence-corrected chi connectivity index (χ2v) is 4.65. The molecule has 0 unspecified atom stereocenters. The van der Waals surface area contributed by atoms with Gasteiger partial charge in [-0.2, -0.15) is 0 Å². The first-order valence-corrected chi connectivity index (χ1v) is 6.76. The largest absolute Gasteiger partial charge is 0.358 e. The molecule has 21 heavy (non-hydrogen) atoms. The van der Waals surface area contributed by atoms with Crippen LogP contribution in [0.2, 0.25) is 0 Å². The standard InChI is InChI=1S/C14H18N4O3/c1-15-12(19)9-16-14(21)17-10-5-2-3-6-11(10)18-8-4-7-13(18)20/h2-3,5-6H,4,7-9H2,1H3,(H,15,19)(H2,16,17,21). The molecule has 0 aliphatic carbocycles. The number of benzene rings is 1. The quantitative estimate of drug-likeness (QED) is 0.761. The second kappa shape index (κ2) is 6.74. The fourth-order valence-electron chi connectivity index (χ4n) is 2.13. The van der Waals surface area contributed by atoms with Crippen molar-refractivity contribution >= 4 is 29.2 Å². The minimum Gasteiger partial charge on any atom is -0.358 e. The number of amides is 4. The molecule has 3 N–H and O–H groups in total. The highest BCUT2D eigenvalue weighted by Gasteiger charge is 2.24. The van der Waals surface area contributed by atoms with Crippen LogP contribution in [0.5, 0.6) is 0 Å². The van der Waals surface area contributed by atoms with Crippen molar-refractivity contribution in [3.63, 3.8) is 0 Å². The number of urea groups is 1. The summed E-state index contributed by atoms with van der Waals surface area (Å²) in [6.45, 7) is 0.546. The van der Waals surface area contributed by atoms with Crippen molar-refractivity contribution in [1.29, 1.82) is 0 Å². The summed E-state index contributed by atoms with van der Waals surface area (Å²) in [5, 5.41) is 7.52. The van der Waals surface area contributed by atoms with Gasteiger partial charge < -0.3 is 20.9 Å². The van der Waals surface area contributed by atoms with E-state index in [2.05, 4.69) is 16.0 Å². The minimum absolute atomic E-state index is 0.0509. The van der Waals surface area contributed by atoms with Crippen molar-refractivity contribution in [2.24, 2.45) is 0 Å². The lowest BCUT2D eigenvalue weighted by Gasteiger charge is -2.20. The third-order valence-electron chi connectivity index (χ3n) is 3.20. The summed E-state index contributed by atoms with van der Waals surface area (Å²) in [5.74, 6) is -0.233. The molecule has 112 valence electrons. The van der Waals surface area contributed by atoms with Gasteiger partial charge in [-0.15, -0.1) is 0 Å². The van der Waals surface area contributed by atoms with Gasteiger partial charge in [-0.3, -0.25) is 9.59 Å². The molecule has 2 rings (SSSR count). The number of carbonyl (C=O) groups is 3. The number of anilines is 2. The topological polar surface area (TPSA) is 90.5 Å². The van der Waals surface area contributed by atoms with Gasteiger partial charge >= 0.3 is 6.03 Å². The molecule has 1 aliphatic heterocycles. The molecule has 0 saturated carbocycles. The Kier molecular flexibility index (Phi) is 4.76. The fraction of sp³-hybridized carbons (Fsp3) is 0.357. The molecule has 0 bridgehead atoms. The zero-order valence-corrected chi connectivity index (χ0v) is 11.8. The first kappa shape index (κ1) is 14.8. The van der Waals surface area contributed by atoms with Crippen molar-refractivity contribution in [2.45, 2.75) is 12.8 Å². The number of rotatable bonds is 4. The molecule has 1 aromatic rings. The van der Waals surface area contributed by atoms with E-state index in [0.29, 0.717) is 24.3 Å². The molecule has 0 radical (unpaired) electrons. The van der Waals surface area contributed by atoms with E-state index in [1.165, 1.54) is 7.05 Å². The highest BCUT2D eigenvalue weighted by molar-refractivity contribution is 6.02. The monoisotopic (exact) mass is 290 g/mol. The SMILES string of the molecule is CNC(=O)CNC(=O)Nc1ccccc1N1CCCC1=O.